The average Bonchev–Trinajstić information content (AvgIpc) is 2.85. The second kappa shape index (κ2) is 11.0. The lowest BCUT2D eigenvalue weighted by Crippen LogP contribution is -2.40. The Bertz CT molecular complexity index is 1250. The number of morpholine rings is 1. The van der Waals surface area contributed by atoms with Gasteiger partial charge in [-0.25, -0.2) is 8.42 Å². The van der Waals surface area contributed by atoms with Gasteiger partial charge in [-0.05, 0) is 30.3 Å². The number of carbonyl (C=O) groups excluding carboxylic acids is 3. The van der Waals surface area contributed by atoms with Gasteiger partial charge in [0.1, 0.15) is 0 Å². The van der Waals surface area contributed by atoms with Crippen molar-refractivity contribution in [3.8, 4) is 0 Å². The summed E-state index contributed by atoms with van der Waals surface area (Å²) in [6.45, 7) is 0.437. The van der Waals surface area contributed by atoms with E-state index in [0.29, 0.717) is 18.9 Å². The first-order chi connectivity index (χ1) is 16.7. The number of fused-ring (bicyclic) bond motifs is 1. The highest BCUT2D eigenvalue weighted by molar-refractivity contribution is 8.01. The minimum atomic E-state index is -3.79. The van der Waals surface area contributed by atoms with Crippen LogP contribution in [0.2, 0.25) is 5.02 Å². The van der Waals surface area contributed by atoms with Crippen molar-refractivity contribution in [3.63, 3.8) is 0 Å². The standard InChI is InChI=1S/C22H22ClN3O7S2/c23-15-6-5-14(35(30,31)26-7-9-32-10-8-26)11-17(15)24-20(27)13-33-21(28)12-19-22(29)25-16-3-1-2-4-18(16)34-19/h1-6,11,19H,7-10,12-13H2,(H,24,27)(H,25,29). The first-order valence-corrected chi connectivity index (χ1v) is 13.3. The molecule has 2 aromatic carbocycles. The molecule has 0 spiro atoms. The maximum Gasteiger partial charge on any atom is 0.307 e. The van der Waals surface area contributed by atoms with Gasteiger partial charge in [-0.2, -0.15) is 4.31 Å². The fourth-order valence-corrected chi connectivity index (χ4v) is 6.16. The summed E-state index contributed by atoms with van der Waals surface area (Å²) in [7, 11) is -3.79. The van der Waals surface area contributed by atoms with Gasteiger partial charge in [0.05, 0.1) is 46.2 Å². The molecule has 0 radical (unpaired) electrons. The minimum absolute atomic E-state index is 0.0308. The number of carbonyl (C=O) groups is 3. The molecule has 4 rings (SSSR count). The molecular formula is C22H22ClN3O7S2. The minimum Gasteiger partial charge on any atom is -0.456 e. The van der Waals surface area contributed by atoms with Gasteiger partial charge in [-0.15, -0.1) is 11.8 Å². The fourth-order valence-electron chi connectivity index (χ4n) is 3.47. The SMILES string of the molecule is O=C(COC(=O)CC1Sc2ccccc2NC1=O)Nc1cc(S(=O)(=O)N2CCOCC2)ccc1Cl. The molecule has 0 saturated carbocycles. The van der Waals surface area contributed by atoms with E-state index in [9.17, 15) is 22.8 Å². The van der Waals surface area contributed by atoms with Crippen molar-refractivity contribution in [1.82, 2.24) is 4.31 Å². The van der Waals surface area contributed by atoms with E-state index >= 15 is 0 Å². The Labute approximate surface area is 211 Å². The van der Waals surface area contributed by atoms with Gasteiger partial charge in [-0.3, -0.25) is 14.4 Å². The fraction of sp³-hybridized carbons (Fsp3) is 0.318. The summed E-state index contributed by atoms with van der Waals surface area (Å²) in [6.07, 6.45) is -0.216. The number of hydrogen-bond donors (Lipinski definition) is 2. The number of thioether (sulfide) groups is 1. The largest absolute Gasteiger partial charge is 0.456 e. The molecule has 2 aliphatic heterocycles. The van der Waals surface area contributed by atoms with E-state index in [1.807, 2.05) is 12.1 Å². The number of rotatable bonds is 7. The van der Waals surface area contributed by atoms with Crippen molar-refractivity contribution < 1.29 is 32.3 Å². The average molecular weight is 540 g/mol. The second-order valence-corrected chi connectivity index (χ2v) is 11.3. The normalized spacial score (nSPS) is 18.3. The molecule has 35 heavy (non-hydrogen) atoms. The molecule has 1 atom stereocenters. The number of hydrogen-bond acceptors (Lipinski definition) is 8. The van der Waals surface area contributed by atoms with Gasteiger partial charge in [0.25, 0.3) is 5.91 Å². The molecule has 0 bridgehead atoms. The Morgan fingerprint density at radius 3 is 2.71 bits per heavy atom. The van der Waals surface area contributed by atoms with Crippen LogP contribution in [0.3, 0.4) is 0 Å². The van der Waals surface area contributed by atoms with Crippen molar-refractivity contribution >= 4 is 62.5 Å². The van der Waals surface area contributed by atoms with E-state index in [1.165, 1.54) is 34.3 Å². The van der Waals surface area contributed by atoms with Crippen LogP contribution >= 0.6 is 23.4 Å². The highest BCUT2D eigenvalue weighted by Gasteiger charge is 2.30. The van der Waals surface area contributed by atoms with Crippen molar-refractivity contribution in [2.75, 3.05) is 43.5 Å². The molecule has 2 heterocycles. The number of nitrogens with zero attached hydrogens (tertiary/aromatic N) is 1. The predicted molar refractivity (Wildman–Crippen MR) is 130 cm³/mol. The van der Waals surface area contributed by atoms with Crippen LogP contribution in [0.5, 0.6) is 0 Å². The maximum absolute atomic E-state index is 12.9. The molecule has 0 aromatic heterocycles. The van der Waals surface area contributed by atoms with E-state index < -0.39 is 33.8 Å². The topological polar surface area (TPSA) is 131 Å². The van der Waals surface area contributed by atoms with Crippen molar-refractivity contribution in [3.05, 3.63) is 47.5 Å². The zero-order valence-electron chi connectivity index (χ0n) is 18.4. The smallest absolute Gasteiger partial charge is 0.307 e. The molecule has 13 heteroatoms. The number of esters is 1. The van der Waals surface area contributed by atoms with E-state index in [-0.39, 0.29) is 41.0 Å². The van der Waals surface area contributed by atoms with E-state index in [2.05, 4.69) is 10.6 Å². The number of benzene rings is 2. The quantitative estimate of drug-likeness (QED) is 0.513. The first kappa shape index (κ1) is 25.5. The van der Waals surface area contributed by atoms with Crippen LogP contribution in [0.4, 0.5) is 11.4 Å². The summed E-state index contributed by atoms with van der Waals surface area (Å²) in [4.78, 5) is 37.6. The molecule has 2 aromatic rings. The van der Waals surface area contributed by atoms with E-state index in [0.717, 1.165) is 4.90 Å². The van der Waals surface area contributed by atoms with Gasteiger partial charge in [-0.1, -0.05) is 23.7 Å². The predicted octanol–water partition coefficient (Wildman–Crippen LogP) is 2.35. The van der Waals surface area contributed by atoms with Crippen LogP contribution in [0, 0.1) is 0 Å². The Hall–Kier alpha value is -2.64. The summed E-state index contributed by atoms with van der Waals surface area (Å²) in [5.41, 5.74) is 0.752. The number of ether oxygens (including phenoxy) is 2. The number of anilines is 2. The summed E-state index contributed by atoms with van der Waals surface area (Å²) in [5, 5.41) is 4.65. The molecule has 2 amide bonds. The van der Waals surface area contributed by atoms with Crippen LogP contribution in [-0.2, 0) is 33.9 Å². The maximum atomic E-state index is 12.9. The summed E-state index contributed by atoms with van der Waals surface area (Å²) < 4.78 is 37.2. The first-order valence-electron chi connectivity index (χ1n) is 10.6. The van der Waals surface area contributed by atoms with Gasteiger partial charge in [0.15, 0.2) is 6.61 Å². The molecule has 2 aliphatic rings. The molecule has 186 valence electrons. The Morgan fingerprint density at radius 2 is 1.94 bits per heavy atom. The molecule has 0 aliphatic carbocycles. The molecule has 10 nitrogen and oxygen atoms in total. The lowest BCUT2D eigenvalue weighted by Gasteiger charge is -2.26. The van der Waals surface area contributed by atoms with Crippen LogP contribution in [-0.4, -0.2) is 68.7 Å². The van der Waals surface area contributed by atoms with E-state index in [4.69, 9.17) is 21.1 Å². The van der Waals surface area contributed by atoms with Gasteiger partial charge in [0, 0.05) is 18.0 Å². The third-order valence-corrected chi connectivity index (χ3v) is 8.74. The van der Waals surface area contributed by atoms with E-state index in [1.54, 1.807) is 12.1 Å². The lowest BCUT2D eigenvalue weighted by molar-refractivity contribution is -0.147. The van der Waals surface area contributed by atoms with Gasteiger partial charge < -0.3 is 20.1 Å². The summed E-state index contributed by atoms with van der Waals surface area (Å²) in [6, 6.07) is 11.2. The highest BCUT2D eigenvalue weighted by Crippen LogP contribution is 2.36. The highest BCUT2D eigenvalue weighted by atomic mass is 35.5. The molecule has 1 fully saturated rings. The molecule has 2 N–H and O–H groups in total. The van der Waals surface area contributed by atoms with Crippen LogP contribution in [0.15, 0.2) is 52.3 Å². The number of amides is 2. The number of para-hydroxylation sites is 1. The third-order valence-electron chi connectivity index (χ3n) is 5.24. The monoisotopic (exact) mass is 539 g/mol. The number of nitrogens with one attached hydrogen (secondary N) is 2. The number of halogens is 1. The third kappa shape index (κ3) is 6.14. The zero-order valence-corrected chi connectivity index (χ0v) is 20.7. The second-order valence-electron chi connectivity index (χ2n) is 7.66. The van der Waals surface area contributed by atoms with Crippen LogP contribution in [0.1, 0.15) is 6.42 Å². The van der Waals surface area contributed by atoms with Gasteiger partial charge >= 0.3 is 5.97 Å². The van der Waals surface area contributed by atoms with Crippen molar-refractivity contribution in [2.45, 2.75) is 21.5 Å². The Morgan fingerprint density at radius 1 is 1.20 bits per heavy atom. The van der Waals surface area contributed by atoms with Crippen molar-refractivity contribution in [1.29, 1.82) is 0 Å². The molecule has 1 unspecified atom stereocenters. The molecular weight excluding hydrogens is 518 g/mol. The Balaban J connectivity index is 1.33. The number of sulfonamides is 1. The van der Waals surface area contributed by atoms with Crippen LogP contribution in [0.25, 0.3) is 0 Å². The lowest BCUT2D eigenvalue weighted by atomic mass is 10.2. The summed E-state index contributed by atoms with van der Waals surface area (Å²) >= 11 is 7.38. The Kier molecular flexibility index (Phi) is 7.97. The van der Waals surface area contributed by atoms with Crippen LogP contribution < -0.4 is 10.6 Å². The molecule has 1 saturated heterocycles. The summed E-state index contributed by atoms with van der Waals surface area (Å²) in [5.74, 6) is -1.74. The zero-order chi connectivity index (χ0) is 25.0. The van der Waals surface area contributed by atoms with Gasteiger partial charge in [0.2, 0.25) is 15.9 Å². The van der Waals surface area contributed by atoms with Crippen molar-refractivity contribution in [2.24, 2.45) is 0 Å².